The van der Waals surface area contributed by atoms with Crippen molar-refractivity contribution in [3.8, 4) is 0 Å². The number of aromatic nitrogens is 1. The Bertz CT molecular complexity index is 873. The summed E-state index contributed by atoms with van der Waals surface area (Å²) in [7, 11) is 0. The number of nitrogens with one attached hydrogen (secondary N) is 2. The van der Waals surface area contributed by atoms with E-state index in [1.807, 2.05) is 42.6 Å². The molecule has 0 spiro atoms. The molecular weight excluding hydrogens is 344 g/mol. The van der Waals surface area contributed by atoms with Crippen molar-refractivity contribution in [1.82, 2.24) is 10.3 Å². The van der Waals surface area contributed by atoms with Crippen LogP contribution in [0.3, 0.4) is 0 Å². The van der Waals surface area contributed by atoms with Gasteiger partial charge in [-0.2, -0.15) is 0 Å². The minimum absolute atomic E-state index is 0.114. The third kappa shape index (κ3) is 3.90. The van der Waals surface area contributed by atoms with Gasteiger partial charge >= 0.3 is 6.03 Å². The number of thiophene rings is 1. The summed E-state index contributed by atoms with van der Waals surface area (Å²) in [4.78, 5) is 28.8. The number of fused-ring (bicyclic) bond motifs is 1. The number of anilines is 1. The molecule has 0 radical (unpaired) electrons. The summed E-state index contributed by atoms with van der Waals surface area (Å²) in [5, 5.41) is 8.35. The second kappa shape index (κ2) is 6.98. The number of hydrogen-bond acceptors (Lipinski definition) is 5. The quantitative estimate of drug-likeness (QED) is 0.650. The minimum Gasteiger partial charge on any atom is -0.352 e. The Morgan fingerprint density at radius 3 is 2.88 bits per heavy atom. The van der Waals surface area contributed by atoms with Crippen LogP contribution in [0.4, 0.5) is 10.5 Å². The first-order valence-electron chi connectivity index (χ1n) is 7.27. The Morgan fingerprint density at radius 2 is 2.17 bits per heavy atom. The highest BCUT2D eigenvalue weighted by atomic mass is 32.1. The number of rotatable bonds is 5. The van der Waals surface area contributed by atoms with E-state index in [9.17, 15) is 9.59 Å². The summed E-state index contributed by atoms with van der Waals surface area (Å²) in [5.74, 6) is -0.192. The molecule has 3 rings (SSSR count). The highest BCUT2D eigenvalue weighted by Crippen LogP contribution is 2.26. The lowest BCUT2D eigenvalue weighted by Crippen LogP contribution is -2.34. The molecule has 124 valence electrons. The van der Waals surface area contributed by atoms with Crippen LogP contribution in [0.2, 0.25) is 0 Å². The maximum absolute atomic E-state index is 12.3. The summed E-state index contributed by atoms with van der Waals surface area (Å²) < 4.78 is 1.02. The third-order valence-corrected chi connectivity index (χ3v) is 5.29. The molecule has 3 aromatic rings. The zero-order valence-corrected chi connectivity index (χ0v) is 14.5. The number of thiazole rings is 1. The van der Waals surface area contributed by atoms with Gasteiger partial charge in [-0.15, -0.1) is 22.7 Å². The van der Waals surface area contributed by atoms with Crippen molar-refractivity contribution in [2.75, 3.05) is 5.32 Å². The molecule has 0 aliphatic rings. The van der Waals surface area contributed by atoms with Crippen LogP contribution in [-0.2, 0) is 4.79 Å². The molecule has 1 aromatic carbocycles. The predicted octanol–water partition coefficient (Wildman–Crippen LogP) is 3.40. The van der Waals surface area contributed by atoms with E-state index in [1.165, 1.54) is 11.3 Å². The van der Waals surface area contributed by atoms with Gasteiger partial charge in [-0.05, 0) is 36.6 Å². The van der Waals surface area contributed by atoms with Crippen LogP contribution in [0.1, 0.15) is 22.3 Å². The molecule has 8 heteroatoms. The summed E-state index contributed by atoms with van der Waals surface area (Å²) >= 11 is 3.05. The monoisotopic (exact) mass is 360 g/mol. The molecule has 1 atom stereocenters. The number of hydrogen-bond donors (Lipinski definition) is 3. The normalized spacial score (nSPS) is 12.0. The van der Waals surface area contributed by atoms with Crippen LogP contribution in [-0.4, -0.2) is 16.9 Å². The lowest BCUT2D eigenvalue weighted by molar-refractivity contribution is -0.116. The largest absolute Gasteiger partial charge is 0.352 e. The summed E-state index contributed by atoms with van der Waals surface area (Å²) in [6.07, 6.45) is 0.114. The third-order valence-electron chi connectivity index (χ3n) is 3.37. The van der Waals surface area contributed by atoms with Gasteiger partial charge in [-0.25, -0.2) is 9.78 Å². The Kier molecular flexibility index (Phi) is 4.77. The predicted molar refractivity (Wildman–Crippen MR) is 97.4 cm³/mol. The number of nitrogens with zero attached hydrogens (tertiary/aromatic N) is 1. The summed E-state index contributed by atoms with van der Waals surface area (Å²) in [5.41, 5.74) is 6.84. The van der Waals surface area contributed by atoms with E-state index < -0.39 is 12.1 Å². The van der Waals surface area contributed by atoms with Crippen LogP contribution < -0.4 is 16.4 Å². The van der Waals surface area contributed by atoms with Crippen LogP contribution in [0.15, 0.2) is 35.7 Å². The first-order chi connectivity index (χ1) is 11.5. The van der Waals surface area contributed by atoms with Gasteiger partial charge in [0.05, 0.1) is 27.7 Å². The number of carbonyl (C=O) groups is 2. The van der Waals surface area contributed by atoms with Crippen molar-refractivity contribution in [2.24, 2.45) is 5.73 Å². The standard InChI is InChI=1S/C16H16N4O2S2/c1-9-18-11-5-4-10(7-14(11)24-9)19-15(21)8-12(20-16(17)22)13-3-2-6-23-13/h2-7,12H,8H2,1H3,(H,19,21)(H3,17,20,22). The van der Waals surface area contributed by atoms with Crippen molar-refractivity contribution in [1.29, 1.82) is 0 Å². The number of nitrogens with two attached hydrogens (primary N) is 1. The van der Waals surface area contributed by atoms with Crippen molar-refractivity contribution in [3.63, 3.8) is 0 Å². The molecule has 0 aliphatic carbocycles. The molecule has 6 nitrogen and oxygen atoms in total. The Balaban J connectivity index is 1.71. The van der Waals surface area contributed by atoms with Gasteiger partial charge in [0, 0.05) is 10.6 Å². The van der Waals surface area contributed by atoms with E-state index in [0.717, 1.165) is 20.1 Å². The van der Waals surface area contributed by atoms with Gasteiger partial charge in [0.15, 0.2) is 0 Å². The molecule has 0 saturated heterocycles. The fourth-order valence-corrected chi connectivity index (χ4v) is 4.04. The number of urea groups is 1. The second-order valence-electron chi connectivity index (χ2n) is 5.24. The molecule has 0 bridgehead atoms. The Labute approximate surface area is 146 Å². The highest BCUT2D eigenvalue weighted by Gasteiger charge is 2.18. The number of amides is 3. The van der Waals surface area contributed by atoms with E-state index in [4.69, 9.17) is 5.73 Å². The lowest BCUT2D eigenvalue weighted by atomic mass is 10.1. The summed E-state index contributed by atoms with van der Waals surface area (Å²) in [6, 6.07) is 8.26. The van der Waals surface area contributed by atoms with Crippen molar-refractivity contribution < 1.29 is 9.59 Å². The number of benzene rings is 1. The molecule has 0 saturated carbocycles. The van der Waals surface area contributed by atoms with Gasteiger partial charge in [0.2, 0.25) is 5.91 Å². The zero-order valence-electron chi connectivity index (χ0n) is 12.9. The molecule has 24 heavy (non-hydrogen) atoms. The summed E-state index contributed by atoms with van der Waals surface area (Å²) in [6.45, 7) is 1.95. The fraction of sp³-hybridized carbons (Fsp3) is 0.188. The van der Waals surface area contributed by atoms with Gasteiger partial charge < -0.3 is 16.4 Å². The molecule has 2 aromatic heterocycles. The molecule has 4 N–H and O–H groups in total. The van der Waals surface area contributed by atoms with Gasteiger partial charge in [0.1, 0.15) is 0 Å². The zero-order chi connectivity index (χ0) is 17.1. The molecule has 1 unspecified atom stereocenters. The topological polar surface area (TPSA) is 97.1 Å². The van der Waals surface area contributed by atoms with E-state index >= 15 is 0 Å². The minimum atomic E-state index is -0.650. The van der Waals surface area contributed by atoms with Crippen molar-refractivity contribution in [3.05, 3.63) is 45.6 Å². The van der Waals surface area contributed by atoms with Gasteiger partial charge in [0.25, 0.3) is 0 Å². The fourth-order valence-electron chi connectivity index (χ4n) is 2.40. The lowest BCUT2D eigenvalue weighted by Gasteiger charge is -2.15. The first kappa shape index (κ1) is 16.4. The van der Waals surface area contributed by atoms with Gasteiger partial charge in [-0.3, -0.25) is 4.79 Å². The number of carbonyl (C=O) groups excluding carboxylic acids is 2. The van der Waals surface area contributed by atoms with Crippen LogP contribution >= 0.6 is 22.7 Å². The molecule has 3 amide bonds. The van der Waals surface area contributed by atoms with E-state index in [1.54, 1.807) is 11.3 Å². The Morgan fingerprint density at radius 1 is 1.33 bits per heavy atom. The van der Waals surface area contributed by atoms with Crippen molar-refractivity contribution in [2.45, 2.75) is 19.4 Å². The number of aryl methyl sites for hydroxylation is 1. The average molecular weight is 360 g/mol. The van der Waals surface area contributed by atoms with E-state index in [2.05, 4.69) is 15.6 Å². The smallest absolute Gasteiger partial charge is 0.312 e. The van der Waals surface area contributed by atoms with Crippen LogP contribution in [0.5, 0.6) is 0 Å². The SMILES string of the molecule is Cc1nc2ccc(NC(=O)CC(NC(N)=O)c3cccs3)cc2s1. The molecule has 0 aliphatic heterocycles. The molecular formula is C16H16N4O2S2. The second-order valence-corrected chi connectivity index (χ2v) is 7.46. The van der Waals surface area contributed by atoms with Crippen LogP contribution in [0.25, 0.3) is 10.2 Å². The van der Waals surface area contributed by atoms with E-state index in [0.29, 0.717) is 5.69 Å². The maximum Gasteiger partial charge on any atom is 0.312 e. The molecule has 2 heterocycles. The molecule has 0 fully saturated rings. The van der Waals surface area contributed by atoms with Crippen LogP contribution in [0, 0.1) is 6.92 Å². The van der Waals surface area contributed by atoms with Gasteiger partial charge in [-0.1, -0.05) is 6.07 Å². The average Bonchev–Trinajstić information content (AvgIpc) is 3.13. The highest BCUT2D eigenvalue weighted by molar-refractivity contribution is 7.18. The maximum atomic E-state index is 12.3. The Hall–Kier alpha value is -2.45. The first-order valence-corrected chi connectivity index (χ1v) is 8.97. The van der Waals surface area contributed by atoms with E-state index in [-0.39, 0.29) is 12.3 Å². The van der Waals surface area contributed by atoms with Crippen molar-refractivity contribution >= 4 is 50.5 Å². The number of primary amides is 1.